The summed E-state index contributed by atoms with van der Waals surface area (Å²) in [7, 11) is 0. The Morgan fingerprint density at radius 3 is 2.74 bits per heavy atom. The van der Waals surface area contributed by atoms with Gasteiger partial charge in [0.1, 0.15) is 21.6 Å². The molecule has 1 fully saturated rings. The van der Waals surface area contributed by atoms with Gasteiger partial charge in [-0.2, -0.15) is 0 Å². The molecule has 1 N–H and O–H groups in total. The van der Waals surface area contributed by atoms with E-state index in [1.54, 1.807) is 0 Å². The Bertz CT molecular complexity index is 581. The molecule has 1 aromatic carbocycles. The van der Waals surface area contributed by atoms with Crippen molar-refractivity contribution in [2.45, 2.75) is 31.8 Å². The zero-order valence-electron chi connectivity index (χ0n) is 10.2. The van der Waals surface area contributed by atoms with Gasteiger partial charge in [-0.3, -0.25) is 0 Å². The van der Waals surface area contributed by atoms with Gasteiger partial charge >= 0.3 is 0 Å². The summed E-state index contributed by atoms with van der Waals surface area (Å²) < 4.78 is 26.3. The summed E-state index contributed by atoms with van der Waals surface area (Å²) in [5.41, 5.74) is 0.444. The monoisotopic (exact) mass is 281 g/mol. The smallest absolute Gasteiger partial charge is 0.131 e. The van der Waals surface area contributed by atoms with Crippen LogP contribution in [-0.2, 0) is 13.0 Å². The van der Waals surface area contributed by atoms with Crippen molar-refractivity contribution in [3.8, 4) is 0 Å². The van der Waals surface area contributed by atoms with Crippen molar-refractivity contribution in [1.29, 1.82) is 0 Å². The maximum Gasteiger partial charge on any atom is 0.131 e. The predicted molar refractivity (Wildman–Crippen MR) is 68.9 cm³/mol. The number of rotatable bonds is 5. The van der Waals surface area contributed by atoms with E-state index in [0.717, 1.165) is 16.1 Å². The number of halogens is 2. The Labute approximate surface area is 113 Å². The maximum absolute atomic E-state index is 13.5. The zero-order valence-corrected chi connectivity index (χ0v) is 11.0. The topological polar surface area (TPSA) is 37.8 Å². The third kappa shape index (κ3) is 3.33. The molecule has 6 heteroatoms. The first kappa shape index (κ1) is 12.6. The van der Waals surface area contributed by atoms with Crippen molar-refractivity contribution in [2.24, 2.45) is 0 Å². The highest BCUT2D eigenvalue weighted by molar-refractivity contribution is 7.11. The van der Waals surface area contributed by atoms with Crippen molar-refractivity contribution < 1.29 is 8.78 Å². The predicted octanol–water partition coefficient (Wildman–Crippen LogP) is 2.66. The number of aromatic nitrogens is 2. The van der Waals surface area contributed by atoms with Crippen LogP contribution in [0.25, 0.3) is 0 Å². The van der Waals surface area contributed by atoms with E-state index >= 15 is 0 Å². The van der Waals surface area contributed by atoms with E-state index in [2.05, 4.69) is 15.5 Å². The summed E-state index contributed by atoms with van der Waals surface area (Å²) in [4.78, 5) is 0. The fraction of sp³-hybridized carbons (Fsp3) is 0.385. The summed E-state index contributed by atoms with van der Waals surface area (Å²) in [6.07, 6.45) is 2.81. The van der Waals surface area contributed by atoms with E-state index in [9.17, 15) is 8.78 Å². The van der Waals surface area contributed by atoms with Crippen LogP contribution in [0.15, 0.2) is 18.2 Å². The van der Waals surface area contributed by atoms with Gasteiger partial charge in [-0.25, -0.2) is 8.78 Å². The summed E-state index contributed by atoms with van der Waals surface area (Å²) in [6.45, 7) is 0.717. The van der Waals surface area contributed by atoms with Crippen molar-refractivity contribution in [1.82, 2.24) is 15.5 Å². The Balaban J connectivity index is 1.65. The fourth-order valence-corrected chi connectivity index (χ4v) is 2.60. The van der Waals surface area contributed by atoms with Crippen LogP contribution in [-0.4, -0.2) is 16.2 Å². The summed E-state index contributed by atoms with van der Waals surface area (Å²) in [5, 5.41) is 13.1. The van der Waals surface area contributed by atoms with Crippen LogP contribution in [0.2, 0.25) is 0 Å². The Hall–Kier alpha value is -1.40. The minimum atomic E-state index is -0.562. The average molecular weight is 281 g/mol. The molecule has 0 atom stereocenters. The highest BCUT2D eigenvalue weighted by atomic mass is 32.1. The van der Waals surface area contributed by atoms with E-state index in [1.165, 1.54) is 36.3 Å². The van der Waals surface area contributed by atoms with Crippen LogP contribution < -0.4 is 5.32 Å². The van der Waals surface area contributed by atoms with Crippen LogP contribution in [0, 0.1) is 11.6 Å². The number of hydrogen-bond donors (Lipinski definition) is 1. The molecule has 1 saturated carbocycles. The van der Waals surface area contributed by atoms with Crippen LogP contribution in [0.1, 0.15) is 28.4 Å². The van der Waals surface area contributed by atoms with E-state index in [-0.39, 0.29) is 0 Å². The molecule has 0 bridgehead atoms. The van der Waals surface area contributed by atoms with Gasteiger partial charge in [-0.15, -0.1) is 10.2 Å². The first-order chi connectivity index (χ1) is 9.20. The van der Waals surface area contributed by atoms with Crippen molar-refractivity contribution in [2.75, 3.05) is 0 Å². The van der Waals surface area contributed by atoms with Crippen molar-refractivity contribution in [3.63, 3.8) is 0 Å². The zero-order chi connectivity index (χ0) is 13.2. The quantitative estimate of drug-likeness (QED) is 0.915. The number of hydrogen-bond acceptors (Lipinski definition) is 4. The molecule has 0 aliphatic heterocycles. The van der Waals surface area contributed by atoms with Gasteiger partial charge in [0.25, 0.3) is 0 Å². The van der Waals surface area contributed by atoms with Gasteiger partial charge in [-0.1, -0.05) is 17.4 Å². The molecule has 100 valence electrons. The highest BCUT2D eigenvalue weighted by Crippen LogP contribution is 2.21. The minimum Gasteiger partial charge on any atom is -0.308 e. The molecule has 3 rings (SSSR count). The molecular formula is C13H13F2N3S. The third-order valence-corrected chi connectivity index (χ3v) is 3.91. The van der Waals surface area contributed by atoms with E-state index in [1.807, 2.05) is 0 Å². The summed E-state index contributed by atoms with van der Waals surface area (Å²) in [6, 6.07) is 4.23. The van der Waals surface area contributed by atoms with Gasteiger partial charge in [-0.05, 0) is 24.5 Å². The van der Waals surface area contributed by atoms with E-state index in [0.29, 0.717) is 24.6 Å². The van der Waals surface area contributed by atoms with Crippen LogP contribution in [0.4, 0.5) is 8.78 Å². The molecule has 0 amide bonds. The van der Waals surface area contributed by atoms with E-state index in [4.69, 9.17) is 0 Å². The SMILES string of the molecule is Fc1ccc(Cc2nnc(CNC3CC3)s2)c(F)c1. The molecule has 19 heavy (non-hydrogen) atoms. The van der Waals surface area contributed by atoms with Crippen LogP contribution >= 0.6 is 11.3 Å². The van der Waals surface area contributed by atoms with Gasteiger partial charge in [0.05, 0.1) is 0 Å². The largest absolute Gasteiger partial charge is 0.308 e. The molecule has 1 aliphatic carbocycles. The Morgan fingerprint density at radius 2 is 2.00 bits per heavy atom. The minimum absolute atomic E-state index is 0.354. The second-order valence-corrected chi connectivity index (χ2v) is 5.80. The molecule has 0 radical (unpaired) electrons. The maximum atomic E-state index is 13.5. The van der Waals surface area contributed by atoms with Crippen molar-refractivity contribution >= 4 is 11.3 Å². The van der Waals surface area contributed by atoms with Gasteiger partial charge in [0, 0.05) is 25.1 Å². The first-order valence-electron chi connectivity index (χ1n) is 6.19. The fourth-order valence-electron chi connectivity index (χ4n) is 1.78. The number of nitrogens with zero attached hydrogens (tertiary/aromatic N) is 2. The van der Waals surface area contributed by atoms with E-state index < -0.39 is 11.6 Å². The lowest BCUT2D eigenvalue weighted by molar-refractivity contribution is 0.574. The molecule has 0 unspecified atom stereocenters. The lowest BCUT2D eigenvalue weighted by atomic mass is 10.1. The molecule has 0 saturated heterocycles. The Kier molecular flexibility index (Phi) is 3.52. The molecule has 3 nitrogen and oxygen atoms in total. The normalized spacial score (nSPS) is 14.8. The molecule has 1 aromatic heterocycles. The average Bonchev–Trinajstić information content (AvgIpc) is 3.10. The first-order valence-corrected chi connectivity index (χ1v) is 7.01. The third-order valence-electron chi connectivity index (χ3n) is 2.98. The summed E-state index contributed by atoms with van der Waals surface area (Å²) >= 11 is 1.47. The molecule has 1 aliphatic rings. The van der Waals surface area contributed by atoms with Crippen LogP contribution in [0.5, 0.6) is 0 Å². The lowest BCUT2D eigenvalue weighted by Crippen LogP contribution is -2.14. The molecular weight excluding hydrogens is 268 g/mol. The number of nitrogens with one attached hydrogen (secondary N) is 1. The summed E-state index contributed by atoms with van der Waals surface area (Å²) in [5.74, 6) is -1.10. The second kappa shape index (κ2) is 5.30. The van der Waals surface area contributed by atoms with Gasteiger partial charge in [0.15, 0.2) is 0 Å². The Morgan fingerprint density at radius 1 is 1.21 bits per heavy atom. The van der Waals surface area contributed by atoms with Gasteiger partial charge in [0.2, 0.25) is 0 Å². The molecule has 1 heterocycles. The van der Waals surface area contributed by atoms with Crippen LogP contribution in [0.3, 0.4) is 0 Å². The van der Waals surface area contributed by atoms with Gasteiger partial charge < -0.3 is 5.32 Å². The molecule has 2 aromatic rings. The van der Waals surface area contributed by atoms with Crippen molar-refractivity contribution in [3.05, 3.63) is 45.4 Å². The molecule has 0 spiro atoms. The lowest BCUT2D eigenvalue weighted by Gasteiger charge is -1.99. The highest BCUT2D eigenvalue weighted by Gasteiger charge is 2.20. The number of benzene rings is 1. The standard InChI is InChI=1S/C13H13F2N3S/c14-9-2-1-8(11(15)6-9)5-12-17-18-13(19-12)7-16-10-3-4-10/h1-2,6,10,16H,3-5,7H2. The second-order valence-electron chi connectivity index (χ2n) is 4.66.